The summed E-state index contributed by atoms with van der Waals surface area (Å²) >= 11 is 0. The van der Waals surface area contributed by atoms with Gasteiger partial charge < -0.3 is 19.4 Å². The van der Waals surface area contributed by atoms with Crippen LogP contribution < -0.4 is 19.4 Å². The predicted octanol–water partition coefficient (Wildman–Crippen LogP) is 34.5. The van der Waals surface area contributed by atoms with E-state index in [1.807, 2.05) is 0 Å². The second-order valence-corrected chi connectivity index (χ2v) is 34.7. The number of hydrogen-bond donors (Lipinski definition) is 0. The molecule has 0 fully saturated rings. The van der Waals surface area contributed by atoms with Crippen LogP contribution in [0.25, 0.3) is 120 Å². The standard InChI is InChI=1S/C45H29NO.C45H29N.C38H27N/c1-2-15-32(16-3-1)46(41-22-12-14-31-26-25-30-13-4-5-17-34(30)44(31)41)33-27-28-36-35-18-6-7-19-37(35)45(40(36)29-33)38-20-8-10-23-42(38)47-43-24-11-9-21-39(43)45;1-2-15-32(16-3-1)46(43-24-12-14-31-26-25-30-13-4-5-17-34(30)44(31)43)33-27-28-38-37-20-8-11-23-41(37)45(42(38)29-33)39-21-9-6-18-35(39)36-19-7-10-22-40(36)45;1-4-13-28(14-5-1)32-25-26-36(35(27-32)29-15-6-2-7-16-29)39(33-19-8-3-9-20-33)37-22-12-18-31-24-23-30-17-10-11-21-34(30)38(31)37/h1-29H;1-29H;1-27H. The molecule has 4 nitrogen and oxygen atoms in total. The summed E-state index contributed by atoms with van der Waals surface area (Å²) in [6.07, 6.45) is 0. The van der Waals surface area contributed by atoms with E-state index in [9.17, 15) is 0 Å². The molecule has 0 radical (unpaired) electrons. The zero-order chi connectivity index (χ0) is 87.2. The van der Waals surface area contributed by atoms with Crippen LogP contribution in [0.2, 0.25) is 0 Å². The lowest BCUT2D eigenvalue weighted by atomic mass is 9.66. The van der Waals surface area contributed by atoms with Crippen molar-refractivity contribution in [1.82, 2.24) is 0 Å². The molecule has 0 aromatic heterocycles. The number of hydrogen-bond acceptors (Lipinski definition) is 4. The van der Waals surface area contributed by atoms with Crippen molar-refractivity contribution in [3.8, 4) is 67.1 Å². The maximum Gasteiger partial charge on any atom is 0.132 e. The van der Waals surface area contributed by atoms with Crippen LogP contribution in [-0.2, 0) is 10.8 Å². The van der Waals surface area contributed by atoms with Crippen molar-refractivity contribution < 1.29 is 4.74 Å². The van der Waals surface area contributed by atoms with Gasteiger partial charge in [-0.15, -0.1) is 0 Å². The predicted molar refractivity (Wildman–Crippen MR) is 553 cm³/mol. The molecule has 0 unspecified atom stereocenters. The van der Waals surface area contributed by atoms with Gasteiger partial charge in [-0.1, -0.05) is 413 Å². The number of rotatable bonds is 11. The average Bonchev–Trinajstić information content (AvgIpc) is 1.45. The largest absolute Gasteiger partial charge is 0.457 e. The summed E-state index contributed by atoms with van der Waals surface area (Å²) in [6.45, 7) is 0. The molecule has 132 heavy (non-hydrogen) atoms. The van der Waals surface area contributed by atoms with Crippen LogP contribution >= 0.6 is 0 Å². The van der Waals surface area contributed by atoms with Crippen molar-refractivity contribution in [1.29, 1.82) is 0 Å². The Morgan fingerprint density at radius 1 is 0.152 bits per heavy atom. The van der Waals surface area contributed by atoms with Gasteiger partial charge in [0.05, 0.1) is 33.6 Å². The number of benzene rings is 23. The Kier molecular flexibility index (Phi) is 18.7. The van der Waals surface area contributed by atoms with Gasteiger partial charge in [0.25, 0.3) is 0 Å². The van der Waals surface area contributed by atoms with E-state index < -0.39 is 5.41 Å². The molecule has 2 spiro atoms. The maximum atomic E-state index is 6.59. The Bertz CT molecular complexity index is 8350. The third-order valence-corrected chi connectivity index (χ3v) is 27.8. The molecule has 4 aliphatic rings. The Hall–Kier alpha value is -17.2. The van der Waals surface area contributed by atoms with Crippen molar-refractivity contribution in [2.45, 2.75) is 10.8 Å². The normalized spacial score (nSPS) is 12.7. The molecule has 1 heterocycles. The van der Waals surface area contributed by atoms with E-state index in [2.05, 4.69) is 530 Å². The molecule has 0 N–H and O–H groups in total. The monoisotopic (exact) mass is 1680 g/mol. The summed E-state index contributed by atoms with van der Waals surface area (Å²) in [5.41, 5.74) is 32.3. The fourth-order valence-electron chi connectivity index (χ4n) is 22.3. The fraction of sp³-hybridized carbons (Fsp3) is 0.0156. The lowest BCUT2D eigenvalue weighted by molar-refractivity contribution is 0.436. The number of para-hydroxylation sites is 5. The summed E-state index contributed by atoms with van der Waals surface area (Å²) in [5.74, 6) is 1.80. The van der Waals surface area contributed by atoms with E-state index in [0.29, 0.717) is 0 Å². The Morgan fingerprint density at radius 3 is 0.848 bits per heavy atom. The van der Waals surface area contributed by atoms with Gasteiger partial charge in [0, 0.05) is 61.3 Å². The second kappa shape index (κ2) is 32.0. The van der Waals surface area contributed by atoms with E-state index in [4.69, 9.17) is 4.74 Å². The molecule has 23 aromatic rings. The molecule has 0 bridgehead atoms. The van der Waals surface area contributed by atoms with Crippen LogP contribution in [-0.4, -0.2) is 0 Å². The van der Waals surface area contributed by atoms with Crippen molar-refractivity contribution in [2.75, 3.05) is 14.7 Å². The van der Waals surface area contributed by atoms with Crippen molar-refractivity contribution in [3.63, 3.8) is 0 Å². The van der Waals surface area contributed by atoms with Gasteiger partial charge in [0.1, 0.15) is 11.5 Å². The Labute approximate surface area is 768 Å². The van der Waals surface area contributed by atoms with E-state index in [1.54, 1.807) is 0 Å². The minimum Gasteiger partial charge on any atom is -0.457 e. The number of fused-ring (bicyclic) bond motifs is 28. The summed E-state index contributed by atoms with van der Waals surface area (Å²) in [7, 11) is 0. The lowest BCUT2D eigenvalue weighted by Gasteiger charge is -2.39. The molecule has 1 aliphatic heterocycles. The summed E-state index contributed by atoms with van der Waals surface area (Å²) in [6, 6.07) is 187. The van der Waals surface area contributed by atoms with Crippen molar-refractivity contribution >= 4 is 116 Å². The number of anilines is 9. The Balaban J connectivity index is 0.000000107. The molecule has 27 rings (SSSR count). The molecule has 0 saturated carbocycles. The van der Waals surface area contributed by atoms with Gasteiger partial charge in [-0.25, -0.2) is 0 Å². The second-order valence-electron chi connectivity index (χ2n) is 34.7. The molecule has 4 heteroatoms. The highest BCUT2D eigenvalue weighted by Gasteiger charge is 2.53. The van der Waals surface area contributed by atoms with Crippen LogP contribution in [0.5, 0.6) is 11.5 Å². The van der Waals surface area contributed by atoms with Crippen LogP contribution in [0.4, 0.5) is 51.2 Å². The molecule has 0 atom stereocenters. The van der Waals surface area contributed by atoms with Crippen molar-refractivity contribution in [2.24, 2.45) is 0 Å². The quantitative estimate of drug-likeness (QED) is 0.120. The van der Waals surface area contributed by atoms with Crippen LogP contribution in [0, 0.1) is 0 Å². The summed E-state index contributed by atoms with van der Waals surface area (Å²) < 4.78 is 6.59. The van der Waals surface area contributed by atoms with Gasteiger partial charge in [-0.3, -0.25) is 0 Å². The first-order valence-electron chi connectivity index (χ1n) is 45.6. The molecular formula is C128H85N3O. The zero-order valence-electron chi connectivity index (χ0n) is 72.3. The first-order valence-corrected chi connectivity index (χ1v) is 45.6. The van der Waals surface area contributed by atoms with E-state index in [0.717, 1.165) is 51.3 Å². The highest BCUT2D eigenvalue weighted by atomic mass is 16.5. The van der Waals surface area contributed by atoms with Crippen LogP contribution in [0.15, 0.2) is 516 Å². The molecule has 618 valence electrons. The maximum absolute atomic E-state index is 6.59. The topological polar surface area (TPSA) is 19.0 Å². The van der Waals surface area contributed by atoms with Gasteiger partial charge in [0.15, 0.2) is 0 Å². The van der Waals surface area contributed by atoms with E-state index >= 15 is 0 Å². The third kappa shape index (κ3) is 12.4. The highest BCUT2D eigenvalue weighted by Crippen LogP contribution is 2.66. The smallest absolute Gasteiger partial charge is 0.132 e. The zero-order valence-corrected chi connectivity index (χ0v) is 72.3. The number of ether oxygens (including phenoxy) is 1. The summed E-state index contributed by atoms with van der Waals surface area (Å²) in [5, 5.41) is 15.0. The first kappa shape index (κ1) is 77.2. The molecule has 0 saturated heterocycles. The van der Waals surface area contributed by atoms with Gasteiger partial charge in [0.2, 0.25) is 0 Å². The molecule has 23 aromatic carbocycles. The van der Waals surface area contributed by atoms with Gasteiger partial charge in [-0.2, -0.15) is 0 Å². The minimum absolute atomic E-state index is 0.386. The SMILES string of the molecule is c1ccc(-c2ccc(N(c3ccccc3)c3cccc4ccc5ccccc5c34)c(-c3ccccc3)c2)cc1.c1ccc(N(c2ccc3c(c2)C2(c4ccccc4-c4ccccc42)c2ccccc2-3)c2cccc3ccc4ccccc4c23)cc1.c1ccc(N(c2ccc3c(c2)C2(c4ccccc4Oc4ccccc42)c2ccccc2-3)c2cccc3ccc4ccccc4c23)cc1. The Morgan fingerprint density at radius 2 is 0.447 bits per heavy atom. The van der Waals surface area contributed by atoms with E-state index in [-0.39, 0.29) is 5.41 Å². The minimum atomic E-state index is -0.527. The average molecular weight is 1680 g/mol. The van der Waals surface area contributed by atoms with Gasteiger partial charge in [-0.05, 0) is 235 Å². The van der Waals surface area contributed by atoms with Crippen LogP contribution in [0.1, 0.15) is 44.5 Å². The lowest BCUT2D eigenvalue weighted by Crippen LogP contribution is -2.32. The highest BCUT2D eigenvalue weighted by molar-refractivity contribution is 6.19. The molecule has 0 amide bonds. The number of nitrogens with zero attached hydrogens (tertiary/aromatic N) is 3. The molecular weight excluding hydrogens is 1600 g/mol. The van der Waals surface area contributed by atoms with Crippen molar-refractivity contribution in [3.05, 3.63) is 560 Å². The summed E-state index contributed by atoms with van der Waals surface area (Å²) in [4.78, 5) is 7.31. The fourth-order valence-corrected chi connectivity index (χ4v) is 22.3. The van der Waals surface area contributed by atoms with E-state index in [1.165, 1.54) is 176 Å². The molecule has 3 aliphatic carbocycles. The third-order valence-electron chi connectivity index (χ3n) is 27.8. The first-order chi connectivity index (χ1) is 65.5. The van der Waals surface area contributed by atoms with Gasteiger partial charge >= 0.3 is 0 Å². The van der Waals surface area contributed by atoms with Crippen LogP contribution in [0.3, 0.4) is 0 Å².